The molecule has 2 unspecified atom stereocenters. The molecule has 2 atom stereocenters. The third kappa shape index (κ3) is 4.97. The second-order valence-electron chi connectivity index (χ2n) is 17.5. The van der Waals surface area contributed by atoms with Crippen molar-refractivity contribution in [2.24, 2.45) is 0 Å². The second-order valence-corrected chi connectivity index (χ2v) is 20.2. The number of hydrogen-bond acceptors (Lipinski definition) is 3. The first-order chi connectivity index (χ1) is 32.6. The quantitative estimate of drug-likeness (QED) is 0.165. The highest BCUT2D eigenvalue weighted by Gasteiger charge is 2.55. The summed E-state index contributed by atoms with van der Waals surface area (Å²) in [6, 6.07) is 84.1. The first kappa shape index (κ1) is 37.2. The van der Waals surface area contributed by atoms with E-state index in [1.165, 1.54) is 16.3 Å². The van der Waals surface area contributed by atoms with Gasteiger partial charge in [0.15, 0.2) is 7.14 Å². The summed E-state index contributed by atoms with van der Waals surface area (Å²) in [7, 11) is -3.48. The maximum Gasteiger partial charge on any atom is 0.171 e. The molecule has 12 aromatic rings. The lowest BCUT2D eigenvalue weighted by atomic mass is 9.61. The molecule has 4 heterocycles. The molecule has 66 heavy (non-hydrogen) atoms. The highest BCUT2D eigenvalue weighted by atomic mass is 31.2. The van der Waals surface area contributed by atoms with Gasteiger partial charge in [-0.05, 0) is 100 Å². The van der Waals surface area contributed by atoms with E-state index in [-0.39, 0.29) is 0 Å². The third-order valence-electron chi connectivity index (χ3n) is 14.2. The van der Waals surface area contributed by atoms with Crippen molar-refractivity contribution in [1.82, 2.24) is 4.57 Å². The molecule has 1 spiro atoms. The van der Waals surface area contributed by atoms with Crippen LogP contribution in [0.4, 0.5) is 17.1 Å². The van der Waals surface area contributed by atoms with Crippen LogP contribution in [0.25, 0.3) is 60.6 Å². The van der Waals surface area contributed by atoms with Gasteiger partial charge in [0.25, 0.3) is 0 Å². The van der Waals surface area contributed by atoms with E-state index in [4.69, 9.17) is 4.42 Å². The van der Waals surface area contributed by atoms with Crippen molar-refractivity contribution in [3.05, 3.63) is 259 Å². The van der Waals surface area contributed by atoms with E-state index >= 15 is 4.57 Å². The van der Waals surface area contributed by atoms with Crippen LogP contribution in [0.5, 0.6) is 0 Å². The largest absolute Gasteiger partial charge is 0.456 e. The van der Waals surface area contributed by atoms with Crippen molar-refractivity contribution in [3.63, 3.8) is 0 Å². The van der Waals surface area contributed by atoms with Crippen LogP contribution in [0.3, 0.4) is 0 Å². The number of fused-ring (bicyclic) bond motifs is 14. The van der Waals surface area contributed by atoms with Gasteiger partial charge in [-0.1, -0.05) is 170 Å². The topological polar surface area (TPSA) is 38.4 Å². The van der Waals surface area contributed by atoms with Crippen molar-refractivity contribution >= 4 is 83.9 Å². The maximum absolute atomic E-state index is 16.8. The summed E-state index contributed by atoms with van der Waals surface area (Å²) in [5.74, 6) is 0. The lowest BCUT2D eigenvalue weighted by molar-refractivity contribution is 0.590. The zero-order valence-electron chi connectivity index (χ0n) is 35.7. The molecule has 5 heteroatoms. The number of nitrogens with zero attached hydrogens (tertiary/aromatic N) is 2. The van der Waals surface area contributed by atoms with E-state index in [9.17, 15) is 0 Å². The minimum absolute atomic E-state index is 0.731. The molecular formula is C61H39N2O2P. The minimum atomic E-state index is -3.48. The minimum Gasteiger partial charge on any atom is -0.456 e. The average molecular weight is 863 g/mol. The molecule has 4 nitrogen and oxygen atoms in total. The molecule has 0 saturated carbocycles. The Labute approximate surface area is 381 Å². The smallest absolute Gasteiger partial charge is 0.171 e. The lowest BCUT2D eigenvalue weighted by Crippen LogP contribution is -2.49. The Kier molecular flexibility index (Phi) is 7.85. The monoisotopic (exact) mass is 862 g/mol. The molecule has 0 N–H and O–H groups in total. The molecule has 2 aliphatic rings. The predicted octanol–water partition coefficient (Wildman–Crippen LogP) is 14.5. The number of benzene rings is 10. The highest BCUT2D eigenvalue weighted by Crippen LogP contribution is 2.63. The highest BCUT2D eigenvalue weighted by molar-refractivity contribution is 7.85. The number of para-hydroxylation sites is 5. The summed E-state index contributed by atoms with van der Waals surface area (Å²) in [4.78, 5) is 2.43. The Morgan fingerprint density at radius 3 is 1.80 bits per heavy atom. The van der Waals surface area contributed by atoms with Crippen molar-refractivity contribution in [3.8, 4) is 16.8 Å². The molecule has 14 rings (SSSR count). The number of aromatic nitrogens is 1. The van der Waals surface area contributed by atoms with Gasteiger partial charge in [-0.15, -0.1) is 0 Å². The van der Waals surface area contributed by atoms with Crippen LogP contribution >= 0.6 is 7.14 Å². The SMILES string of the molecule is O=P1(c2ccccc2)c2ccccc2C2(c3ccccc3N(c3ccccc3)c3cc(-c4ccc5c6ccccc6n(-c6ccccc6)c5c4)ccc32)c2cc3c(cc21)oc1ccccc13. The molecule has 0 fully saturated rings. The van der Waals surface area contributed by atoms with E-state index in [0.29, 0.717) is 0 Å². The molecule has 0 aliphatic carbocycles. The van der Waals surface area contributed by atoms with Crippen molar-refractivity contribution < 1.29 is 8.98 Å². The molecule has 310 valence electrons. The third-order valence-corrected chi connectivity index (χ3v) is 17.4. The molecule has 2 aromatic heterocycles. The lowest BCUT2D eigenvalue weighted by Gasteiger charge is -2.50. The molecule has 0 radical (unpaired) electrons. The Morgan fingerprint density at radius 1 is 0.379 bits per heavy atom. The van der Waals surface area contributed by atoms with Crippen LogP contribution in [0.1, 0.15) is 22.3 Å². The van der Waals surface area contributed by atoms with Gasteiger partial charge in [-0.25, -0.2) is 0 Å². The Balaban J connectivity index is 1.11. The fraction of sp³-hybridized carbons (Fsp3) is 0.0164. The maximum atomic E-state index is 16.8. The molecule has 0 saturated heterocycles. The van der Waals surface area contributed by atoms with E-state index in [1.807, 2.05) is 48.5 Å². The van der Waals surface area contributed by atoms with Gasteiger partial charge in [-0.2, -0.15) is 0 Å². The van der Waals surface area contributed by atoms with Crippen molar-refractivity contribution in [1.29, 1.82) is 0 Å². The summed E-state index contributed by atoms with van der Waals surface area (Å²) >= 11 is 0. The van der Waals surface area contributed by atoms with Crippen molar-refractivity contribution in [2.75, 3.05) is 4.90 Å². The molecule has 0 amide bonds. The van der Waals surface area contributed by atoms with E-state index in [0.717, 1.165) is 99.5 Å². The summed E-state index contributed by atoms with van der Waals surface area (Å²) < 4.78 is 25.8. The van der Waals surface area contributed by atoms with Crippen LogP contribution in [-0.2, 0) is 9.98 Å². The van der Waals surface area contributed by atoms with Gasteiger partial charge < -0.3 is 18.4 Å². The van der Waals surface area contributed by atoms with Gasteiger partial charge in [0.05, 0.1) is 27.8 Å². The zero-order valence-corrected chi connectivity index (χ0v) is 36.6. The van der Waals surface area contributed by atoms with Gasteiger partial charge in [0.2, 0.25) is 0 Å². The fourth-order valence-corrected chi connectivity index (χ4v) is 14.6. The molecule has 2 aliphatic heterocycles. The molecule has 10 aromatic carbocycles. The van der Waals surface area contributed by atoms with E-state index < -0.39 is 12.6 Å². The summed E-state index contributed by atoms with van der Waals surface area (Å²) in [5.41, 5.74) is 13.8. The van der Waals surface area contributed by atoms with Crippen LogP contribution in [0.2, 0.25) is 0 Å². The normalized spacial score (nSPS) is 17.2. The van der Waals surface area contributed by atoms with Gasteiger partial charge in [0, 0.05) is 48.8 Å². The number of furan rings is 1. The number of rotatable bonds is 4. The Morgan fingerprint density at radius 2 is 0.985 bits per heavy atom. The van der Waals surface area contributed by atoms with E-state index in [1.54, 1.807) is 0 Å². The van der Waals surface area contributed by atoms with Gasteiger partial charge >= 0.3 is 0 Å². The van der Waals surface area contributed by atoms with Crippen molar-refractivity contribution in [2.45, 2.75) is 5.41 Å². The van der Waals surface area contributed by atoms with Gasteiger partial charge in [-0.3, -0.25) is 0 Å². The van der Waals surface area contributed by atoms with Crippen LogP contribution in [0, 0.1) is 0 Å². The second kappa shape index (κ2) is 13.9. The Hall–Kier alpha value is -8.17. The predicted molar refractivity (Wildman–Crippen MR) is 273 cm³/mol. The average Bonchev–Trinajstić information content (AvgIpc) is 3.93. The molecular weight excluding hydrogens is 824 g/mol. The summed E-state index contributed by atoms with van der Waals surface area (Å²) in [6.45, 7) is 0. The zero-order chi connectivity index (χ0) is 43.6. The molecule has 0 bridgehead atoms. The number of hydrogen-bond donors (Lipinski definition) is 0. The van der Waals surface area contributed by atoms with Crippen LogP contribution in [-0.4, -0.2) is 4.57 Å². The Bertz CT molecular complexity index is 3980. The van der Waals surface area contributed by atoms with E-state index in [2.05, 4.69) is 198 Å². The fourth-order valence-electron chi connectivity index (χ4n) is 11.5. The first-order valence-electron chi connectivity index (χ1n) is 22.5. The first-order valence-corrected chi connectivity index (χ1v) is 24.2. The van der Waals surface area contributed by atoms with Gasteiger partial charge in [0.1, 0.15) is 11.2 Å². The summed E-state index contributed by atoms with van der Waals surface area (Å²) in [6.07, 6.45) is 0. The van der Waals surface area contributed by atoms with Crippen LogP contribution < -0.4 is 20.8 Å². The number of anilines is 3. The van der Waals surface area contributed by atoms with Crippen LogP contribution in [0.15, 0.2) is 241 Å². The standard InChI is InChI=1S/C61H39N2O2P/c64-66(44-22-8-3-9-23-44)59-31-17-13-27-51(59)61(52-38-48-47-25-11-16-30-57(47)65-58(48)39-60(52)66)49-26-12-15-29-54(49)63(43-20-6-2-7-21-43)56-37-41(33-35-50(56)61)40-32-34-46-45-24-10-14-28-53(45)62(55(46)36-40)42-18-4-1-5-19-42/h1-39H. The summed E-state index contributed by atoms with van der Waals surface area (Å²) in [5, 5.41) is 6.93.